The fraction of sp³-hybridized carbons (Fsp3) is 0.875. The molecular weight excluding hydrogens is 126 g/mol. The molecule has 1 saturated heterocycles. The predicted molar refractivity (Wildman–Crippen MR) is 42.6 cm³/mol. The molecule has 1 atom stereocenters. The molecule has 0 unspecified atom stereocenters. The highest BCUT2D eigenvalue weighted by molar-refractivity contribution is 5.57. The van der Waals surface area contributed by atoms with E-state index in [-0.39, 0.29) is 0 Å². The van der Waals surface area contributed by atoms with Crippen LogP contribution >= 0.6 is 0 Å². The van der Waals surface area contributed by atoms with Crippen LogP contribution in [0.1, 0.15) is 19.3 Å². The third-order valence-electron chi connectivity index (χ3n) is 1.88. The molecule has 2 nitrogen and oxygen atoms in total. The van der Waals surface area contributed by atoms with E-state index in [1.165, 1.54) is 12.8 Å². The zero-order valence-electron chi connectivity index (χ0n) is 6.55. The topological polar surface area (TPSA) is 21.6 Å². The van der Waals surface area contributed by atoms with Crippen LogP contribution in [0.2, 0.25) is 0 Å². The van der Waals surface area contributed by atoms with E-state index in [0.29, 0.717) is 0 Å². The van der Waals surface area contributed by atoms with E-state index >= 15 is 0 Å². The molecule has 0 bridgehead atoms. The molecule has 0 aromatic heterocycles. The average Bonchev–Trinajstić information content (AvgIpc) is 2.03. The standard InChI is InChI=1S/C8H15NO/c1-9-5-4-8-3-2-6-10-7-8/h5,8H,2-4,6-7H2,1H3/b9-5+/t8-/m0/s1. The summed E-state index contributed by atoms with van der Waals surface area (Å²) in [6, 6.07) is 0. The maximum atomic E-state index is 5.32. The smallest absolute Gasteiger partial charge is 0.0497 e. The summed E-state index contributed by atoms with van der Waals surface area (Å²) in [5.41, 5.74) is 0. The molecule has 1 aliphatic rings. The summed E-state index contributed by atoms with van der Waals surface area (Å²) in [4.78, 5) is 3.95. The van der Waals surface area contributed by atoms with Crippen molar-refractivity contribution in [1.29, 1.82) is 0 Å². The fourth-order valence-electron chi connectivity index (χ4n) is 1.25. The molecular formula is C8H15NO. The second kappa shape index (κ2) is 4.45. The second-order valence-corrected chi connectivity index (χ2v) is 2.76. The zero-order chi connectivity index (χ0) is 7.23. The highest BCUT2D eigenvalue weighted by Crippen LogP contribution is 2.15. The molecule has 10 heavy (non-hydrogen) atoms. The molecule has 1 rings (SSSR count). The van der Waals surface area contributed by atoms with E-state index in [4.69, 9.17) is 4.74 Å². The Labute approximate surface area is 62.3 Å². The van der Waals surface area contributed by atoms with Gasteiger partial charge in [0.2, 0.25) is 0 Å². The first-order chi connectivity index (χ1) is 4.93. The van der Waals surface area contributed by atoms with Crippen LogP contribution in [0.15, 0.2) is 4.99 Å². The van der Waals surface area contributed by atoms with Gasteiger partial charge in [0.1, 0.15) is 0 Å². The Hall–Kier alpha value is -0.370. The van der Waals surface area contributed by atoms with Gasteiger partial charge in [0.25, 0.3) is 0 Å². The lowest BCUT2D eigenvalue weighted by molar-refractivity contribution is 0.0578. The lowest BCUT2D eigenvalue weighted by Gasteiger charge is -2.19. The van der Waals surface area contributed by atoms with Gasteiger partial charge in [-0.1, -0.05) is 0 Å². The van der Waals surface area contributed by atoms with E-state index < -0.39 is 0 Å². The molecule has 0 spiro atoms. The van der Waals surface area contributed by atoms with Gasteiger partial charge in [-0.2, -0.15) is 0 Å². The highest BCUT2D eigenvalue weighted by Gasteiger charge is 2.11. The van der Waals surface area contributed by atoms with Gasteiger partial charge in [-0.15, -0.1) is 0 Å². The summed E-state index contributed by atoms with van der Waals surface area (Å²) in [6.07, 6.45) is 5.62. The zero-order valence-corrected chi connectivity index (χ0v) is 6.55. The molecule has 0 aliphatic carbocycles. The Kier molecular flexibility index (Phi) is 3.44. The molecule has 0 aromatic rings. The Morgan fingerprint density at radius 1 is 1.70 bits per heavy atom. The van der Waals surface area contributed by atoms with Crippen molar-refractivity contribution in [2.24, 2.45) is 10.9 Å². The van der Waals surface area contributed by atoms with Crippen LogP contribution in [0.5, 0.6) is 0 Å². The third kappa shape index (κ3) is 2.48. The molecule has 0 aromatic carbocycles. The molecule has 1 fully saturated rings. The molecule has 1 heterocycles. The van der Waals surface area contributed by atoms with Crippen LogP contribution in [-0.4, -0.2) is 26.5 Å². The molecule has 0 amide bonds. The van der Waals surface area contributed by atoms with Gasteiger partial charge < -0.3 is 9.73 Å². The van der Waals surface area contributed by atoms with E-state index in [9.17, 15) is 0 Å². The SMILES string of the molecule is C/N=C/C[C@@H]1CCCOC1. The van der Waals surface area contributed by atoms with Crippen molar-refractivity contribution in [3.63, 3.8) is 0 Å². The van der Waals surface area contributed by atoms with Gasteiger partial charge in [0, 0.05) is 20.3 Å². The first-order valence-corrected chi connectivity index (χ1v) is 3.92. The van der Waals surface area contributed by atoms with Crippen molar-refractivity contribution in [3.05, 3.63) is 0 Å². The van der Waals surface area contributed by atoms with Gasteiger partial charge in [-0.25, -0.2) is 0 Å². The minimum atomic E-state index is 0.734. The second-order valence-electron chi connectivity index (χ2n) is 2.76. The highest BCUT2D eigenvalue weighted by atomic mass is 16.5. The summed E-state index contributed by atoms with van der Waals surface area (Å²) in [6.45, 7) is 1.89. The van der Waals surface area contributed by atoms with Crippen molar-refractivity contribution in [2.45, 2.75) is 19.3 Å². The normalized spacial score (nSPS) is 27.5. The quantitative estimate of drug-likeness (QED) is 0.534. The molecule has 0 N–H and O–H groups in total. The summed E-state index contributed by atoms with van der Waals surface area (Å²) in [5, 5.41) is 0. The monoisotopic (exact) mass is 141 g/mol. The maximum absolute atomic E-state index is 5.32. The number of hydrogen-bond acceptors (Lipinski definition) is 2. The largest absolute Gasteiger partial charge is 0.381 e. The predicted octanol–water partition coefficient (Wildman–Crippen LogP) is 1.50. The van der Waals surface area contributed by atoms with Crippen LogP contribution < -0.4 is 0 Å². The van der Waals surface area contributed by atoms with Crippen molar-refractivity contribution < 1.29 is 4.74 Å². The molecule has 0 radical (unpaired) electrons. The Bertz CT molecular complexity index is 106. The molecule has 1 aliphatic heterocycles. The van der Waals surface area contributed by atoms with E-state index in [1.54, 1.807) is 0 Å². The van der Waals surface area contributed by atoms with Crippen LogP contribution in [0, 0.1) is 5.92 Å². The number of nitrogens with zero attached hydrogens (tertiary/aromatic N) is 1. The summed E-state index contributed by atoms with van der Waals surface area (Å²) in [5.74, 6) is 0.734. The van der Waals surface area contributed by atoms with Crippen molar-refractivity contribution in [1.82, 2.24) is 0 Å². The Morgan fingerprint density at radius 3 is 3.20 bits per heavy atom. The van der Waals surface area contributed by atoms with E-state index in [2.05, 4.69) is 4.99 Å². The molecule has 2 heteroatoms. The summed E-state index contributed by atoms with van der Waals surface area (Å²) >= 11 is 0. The van der Waals surface area contributed by atoms with E-state index in [0.717, 1.165) is 25.6 Å². The molecule has 0 saturated carbocycles. The first kappa shape index (κ1) is 7.73. The van der Waals surface area contributed by atoms with Crippen molar-refractivity contribution in [2.75, 3.05) is 20.3 Å². The Morgan fingerprint density at radius 2 is 2.60 bits per heavy atom. The number of rotatable bonds is 2. The van der Waals surface area contributed by atoms with Crippen molar-refractivity contribution in [3.8, 4) is 0 Å². The van der Waals surface area contributed by atoms with Crippen LogP contribution in [0.25, 0.3) is 0 Å². The summed E-state index contributed by atoms with van der Waals surface area (Å²) in [7, 11) is 1.82. The lowest BCUT2D eigenvalue weighted by Crippen LogP contribution is -2.17. The van der Waals surface area contributed by atoms with Gasteiger partial charge in [0.15, 0.2) is 0 Å². The minimum Gasteiger partial charge on any atom is -0.381 e. The van der Waals surface area contributed by atoms with Gasteiger partial charge in [-0.05, 0) is 31.4 Å². The fourth-order valence-corrected chi connectivity index (χ4v) is 1.25. The van der Waals surface area contributed by atoms with Crippen LogP contribution in [0.3, 0.4) is 0 Å². The first-order valence-electron chi connectivity index (χ1n) is 3.92. The Balaban J connectivity index is 2.13. The van der Waals surface area contributed by atoms with Crippen LogP contribution in [0.4, 0.5) is 0 Å². The number of ether oxygens (including phenoxy) is 1. The van der Waals surface area contributed by atoms with Gasteiger partial charge >= 0.3 is 0 Å². The lowest BCUT2D eigenvalue weighted by atomic mass is 9.99. The average molecular weight is 141 g/mol. The minimum absolute atomic E-state index is 0.734. The van der Waals surface area contributed by atoms with Gasteiger partial charge in [0.05, 0.1) is 0 Å². The third-order valence-corrected chi connectivity index (χ3v) is 1.88. The van der Waals surface area contributed by atoms with E-state index in [1.807, 2.05) is 13.3 Å². The number of hydrogen-bond donors (Lipinski definition) is 0. The number of aliphatic imine (C=N–C) groups is 1. The van der Waals surface area contributed by atoms with Gasteiger partial charge in [-0.3, -0.25) is 0 Å². The molecule has 58 valence electrons. The summed E-state index contributed by atoms with van der Waals surface area (Å²) < 4.78 is 5.32. The maximum Gasteiger partial charge on any atom is 0.0497 e. The van der Waals surface area contributed by atoms with Crippen molar-refractivity contribution >= 4 is 6.21 Å². The van der Waals surface area contributed by atoms with Crippen LogP contribution in [-0.2, 0) is 4.74 Å².